The van der Waals surface area contributed by atoms with Crippen LogP contribution in [0.5, 0.6) is 0 Å². The zero-order valence-corrected chi connectivity index (χ0v) is 14.1. The third-order valence-electron chi connectivity index (χ3n) is 3.95. The van der Waals surface area contributed by atoms with Crippen LogP contribution in [0.1, 0.15) is 12.8 Å². The molecule has 0 aliphatic carbocycles. The van der Waals surface area contributed by atoms with Gasteiger partial charge in [0.2, 0.25) is 0 Å². The second-order valence-corrected chi connectivity index (χ2v) is 5.96. The van der Waals surface area contributed by atoms with Gasteiger partial charge in [-0.05, 0) is 25.0 Å². The Morgan fingerprint density at radius 2 is 1.81 bits per heavy atom. The number of urea groups is 1. The Morgan fingerprint density at radius 1 is 1.08 bits per heavy atom. The summed E-state index contributed by atoms with van der Waals surface area (Å²) in [5, 5.41) is 16.1. The molecule has 1 aliphatic heterocycles. The van der Waals surface area contributed by atoms with Gasteiger partial charge in [0, 0.05) is 44.0 Å². The van der Waals surface area contributed by atoms with Crippen LogP contribution in [0.4, 0.5) is 30.8 Å². The average Bonchev–Trinajstić information content (AvgIpc) is 3.13. The van der Waals surface area contributed by atoms with E-state index in [0.29, 0.717) is 18.9 Å². The Bertz CT molecular complexity index is 746. The lowest BCUT2D eigenvalue weighted by atomic mass is 10.3. The molecule has 2 amide bonds. The first kappa shape index (κ1) is 17.8. The number of anilines is 3. The van der Waals surface area contributed by atoms with E-state index in [1.165, 1.54) is 12.8 Å². The molecule has 0 saturated carbocycles. The van der Waals surface area contributed by atoms with E-state index in [4.69, 9.17) is 0 Å². The van der Waals surface area contributed by atoms with E-state index >= 15 is 0 Å². The number of rotatable bonds is 6. The molecule has 3 rings (SSSR count). The summed E-state index contributed by atoms with van der Waals surface area (Å²) in [6, 6.07) is 4.20. The monoisotopic (exact) mass is 362 g/mol. The van der Waals surface area contributed by atoms with Crippen LogP contribution in [0.3, 0.4) is 0 Å². The van der Waals surface area contributed by atoms with E-state index in [1.54, 1.807) is 6.20 Å². The number of nitrogens with one attached hydrogen (secondary N) is 3. The molecule has 138 valence electrons. The molecule has 0 unspecified atom stereocenters. The fourth-order valence-corrected chi connectivity index (χ4v) is 2.76. The van der Waals surface area contributed by atoms with E-state index in [-0.39, 0.29) is 5.69 Å². The van der Waals surface area contributed by atoms with Crippen molar-refractivity contribution in [2.45, 2.75) is 12.8 Å². The Balaban J connectivity index is 1.42. The van der Waals surface area contributed by atoms with Crippen molar-refractivity contribution in [3.8, 4) is 0 Å². The summed E-state index contributed by atoms with van der Waals surface area (Å²) in [4.78, 5) is 14.0. The highest BCUT2D eigenvalue weighted by Crippen LogP contribution is 2.20. The van der Waals surface area contributed by atoms with E-state index in [1.807, 2.05) is 6.07 Å². The van der Waals surface area contributed by atoms with Crippen LogP contribution >= 0.6 is 0 Å². The molecule has 1 aromatic carbocycles. The first-order valence-corrected chi connectivity index (χ1v) is 8.43. The summed E-state index contributed by atoms with van der Waals surface area (Å²) >= 11 is 0. The molecule has 1 aliphatic rings. The summed E-state index contributed by atoms with van der Waals surface area (Å²) in [6.07, 6.45) is 4.10. The molecule has 1 aromatic heterocycles. The molecular weight excluding hydrogens is 342 g/mol. The van der Waals surface area contributed by atoms with Crippen LogP contribution in [0.15, 0.2) is 30.5 Å². The second-order valence-electron chi connectivity index (χ2n) is 5.96. The van der Waals surface area contributed by atoms with Gasteiger partial charge in [-0.25, -0.2) is 13.6 Å². The van der Waals surface area contributed by atoms with Crippen LogP contribution in [0.25, 0.3) is 0 Å². The Morgan fingerprint density at radius 3 is 2.54 bits per heavy atom. The minimum Gasteiger partial charge on any atom is -0.370 e. The highest BCUT2D eigenvalue weighted by Gasteiger charge is 2.13. The number of benzene rings is 1. The number of hydrogen-bond donors (Lipinski definition) is 3. The van der Waals surface area contributed by atoms with Crippen molar-refractivity contribution < 1.29 is 13.6 Å². The molecule has 9 heteroatoms. The minimum absolute atomic E-state index is 0.0529. The molecular formula is C17H20F2N6O. The van der Waals surface area contributed by atoms with Gasteiger partial charge < -0.3 is 20.9 Å². The molecule has 2 aromatic rings. The van der Waals surface area contributed by atoms with Crippen LogP contribution in [-0.2, 0) is 0 Å². The summed E-state index contributed by atoms with van der Waals surface area (Å²) < 4.78 is 26.2. The van der Waals surface area contributed by atoms with Crippen molar-refractivity contribution in [3.63, 3.8) is 0 Å². The number of aromatic nitrogens is 2. The molecule has 3 N–H and O–H groups in total. The van der Waals surface area contributed by atoms with Crippen LogP contribution in [0, 0.1) is 11.6 Å². The lowest BCUT2D eigenvalue weighted by Crippen LogP contribution is -2.32. The third kappa shape index (κ3) is 5.01. The summed E-state index contributed by atoms with van der Waals surface area (Å²) in [7, 11) is 0. The molecule has 0 atom stereocenters. The molecule has 0 radical (unpaired) electrons. The zero-order valence-electron chi connectivity index (χ0n) is 14.1. The highest BCUT2D eigenvalue weighted by molar-refractivity contribution is 5.89. The Labute approximate surface area is 149 Å². The molecule has 0 spiro atoms. The molecule has 26 heavy (non-hydrogen) atoms. The largest absolute Gasteiger partial charge is 0.370 e. The highest BCUT2D eigenvalue weighted by atomic mass is 19.1. The van der Waals surface area contributed by atoms with Crippen molar-refractivity contribution in [2.24, 2.45) is 0 Å². The first-order valence-electron chi connectivity index (χ1n) is 8.43. The van der Waals surface area contributed by atoms with Crippen LogP contribution in [0.2, 0.25) is 0 Å². The third-order valence-corrected chi connectivity index (χ3v) is 3.95. The topological polar surface area (TPSA) is 82.2 Å². The Hall–Kier alpha value is -2.97. The van der Waals surface area contributed by atoms with Gasteiger partial charge in [-0.3, -0.25) is 0 Å². The van der Waals surface area contributed by atoms with E-state index in [0.717, 1.165) is 37.0 Å². The fraction of sp³-hybridized carbons (Fsp3) is 0.353. The predicted octanol–water partition coefficient (Wildman–Crippen LogP) is 2.59. The van der Waals surface area contributed by atoms with Gasteiger partial charge in [0.25, 0.3) is 0 Å². The van der Waals surface area contributed by atoms with Crippen molar-refractivity contribution >= 4 is 23.2 Å². The zero-order chi connectivity index (χ0) is 18.4. The fourth-order valence-electron chi connectivity index (χ4n) is 2.76. The van der Waals surface area contributed by atoms with Crippen LogP contribution < -0.4 is 20.9 Å². The quantitative estimate of drug-likeness (QED) is 0.688. The maximum absolute atomic E-state index is 13.1. The number of halogens is 2. The van der Waals surface area contributed by atoms with Gasteiger partial charge in [-0.15, -0.1) is 5.10 Å². The minimum atomic E-state index is -0.751. The van der Waals surface area contributed by atoms with E-state index < -0.39 is 17.7 Å². The lowest BCUT2D eigenvalue weighted by Gasteiger charge is -2.17. The van der Waals surface area contributed by atoms with Crippen molar-refractivity contribution in [3.05, 3.63) is 42.1 Å². The molecule has 2 heterocycles. The smallest absolute Gasteiger partial charge is 0.319 e. The summed E-state index contributed by atoms with van der Waals surface area (Å²) in [5.41, 5.74) is 1.08. The number of carbonyl (C=O) groups is 1. The lowest BCUT2D eigenvalue weighted by molar-refractivity contribution is 0.252. The maximum atomic E-state index is 13.1. The van der Waals surface area contributed by atoms with Crippen molar-refractivity contribution in [1.82, 2.24) is 15.5 Å². The standard InChI is InChI=1S/C17H20F2N6O/c18-12-7-13(19)9-14(8-12)23-17(26)21-4-3-20-16-10-15(11-22-24-16)25-5-1-2-6-25/h7-11H,1-6H2,(H,20,24)(H2,21,23,26). The van der Waals surface area contributed by atoms with E-state index in [9.17, 15) is 13.6 Å². The number of nitrogens with zero attached hydrogens (tertiary/aromatic N) is 3. The summed E-state index contributed by atoms with van der Waals surface area (Å²) in [6.45, 7) is 2.78. The normalized spacial score (nSPS) is 13.5. The van der Waals surface area contributed by atoms with Crippen LogP contribution in [-0.4, -0.2) is 42.4 Å². The van der Waals surface area contributed by atoms with Gasteiger partial charge in [0.05, 0.1) is 11.9 Å². The van der Waals surface area contributed by atoms with Gasteiger partial charge >= 0.3 is 6.03 Å². The molecule has 1 fully saturated rings. The molecule has 7 nitrogen and oxygen atoms in total. The SMILES string of the molecule is O=C(NCCNc1cc(N2CCCC2)cnn1)Nc1cc(F)cc(F)c1. The summed E-state index contributed by atoms with van der Waals surface area (Å²) in [5.74, 6) is -0.874. The maximum Gasteiger partial charge on any atom is 0.319 e. The Kier molecular flexibility index (Phi) is 5.77. The number of carbonyl (C=O) groups excluding carboxylic acids is 1. The van der Waals surface area contributed by atoms with E-state index in [2.05, 4.69) is 31.0 Å². The van der Waals surface area contributed by atoms with Gasteiger partial charge in [-0.1, -0.05) is 0 Å². The number of hydrogen-bond acceptors (Lipinski definition) is 5. The average molecular weight is 362 g/mol. The molecule has 1 saturated heterocycles. The van der Waals surface area contributed by atoms with Crippen molar-refractivity contribution in [2.75, 3.05) is 41.7 Å². The van der Waals surface area contributed by atoms with Crippen molar-refractivity contribution in [1.29, 1.82) is 0 Å². The van der Waals surface area contributed by atoms with Gasteiger partial charge in [0.15, 0.2) is 5.82 Å². The first-order chi connectivity index (χ1) is 12.6. The second kappa shape index (κ2) is 8.41. The van der Waals surface area contributed by atoms with Gasteiger partial charge in [0.1, 0.15) is 11.6 Å². The number of amides is 2. The molecule has 0 bridgehead atoms. The predicted molar refractivity (Wildman–Crippen MR) is 95.3 cm³/mol. The van der Waals surface area contributed by atoms with Gasteiger partial charge in [-0.2, -0.15) is 5.10 Å².